The van der Waals surface area contributed by atoms with Crippen LogP contribution >= 0.6 is 0 Å². The first-order valence-corrected chi connectivity index (χ1v) is 8.42. The van der Waals surface area contributed by atoms with Crippen molar-refractivity contribution in [3.63, 3.8) is 0 Å². The summed E-state index contributed by atoms with van der Waals surface area (Å²) in [6.45, 7) is 5.44. The van der Waals surface area contributed by atoms with Gasteiger partial charge >= 0.3 is 0 Å². The van der Waals surface area contributed by atoms with Crippen LogP contribution in [0.5, 0.6) is 0 Å². The average Bonchev–Trinajstić information content (AvgIpc) is 2.34. The van der Waals surface area contributed by atoms with Crippen LogP contribution in [0.4, 0.5) is 0 Å². The number of aliphatic hydroxyl groups is 1. The lowest BCUT2D eigenvalue weighted by molar-refractivity contribution is 0.0219. The number of hydrogen-bond donors (Lipinski definition) is 1. The average molecular weight is 284 g/mol. The van der Waals surface area contributed by atoms with Crippen molar-refractivity contribution in [2.75, 3.05) is 5.75 Å². The number of benzene rings is 1. The van der Waals surface area contributed by atoms with Crippen molar-refractivity contribution in [1.29, 1.82) is 0 Å². The molecule has 0 aliphatic heterocycles. The topological polar surface area (TPSA) is 54.4 Å². The molecule has 0 aliphatic carbocycles. The monoisotopic (exact) mass is 284 g/mol. The summed E-state index contributed by atoms with van der Waals surface area (Å²) < 4.78 is 24.7. The Morgan fingerprint density at radius 3 is 2.26 bits per heavy atom. The second kappa shape index (κ2) is 6.53. The molecule has 0 aliphatic rings. The number of rotatable bonds is 7. The zero-order valence-electron chi connectivity index (χ0n) is 12.0. The van der Waals surface area contributed by atoms with E-state index in [0.717, 1.165) is 19.3 Å². The van der Waals surface area contributed by atoms with Gasteiger partial charge in [0.25, 0.3) is 0 Å². The molecule has 0 saturated carbocycles. The maximum absolute atomic E-state index is 12.3. The van der Waals surface area contributed by atoms with Gasteiger partial charge in [0.05, 0.1) is 16.2 Å². The molecule has 0 fully saturated rings. The summed E-state index contributed by atoms with van der Waals surface area (Å²) in [6.07, 6.45) is 2.66. The first-order valence-electron chi connectivity index (χ1n) is 6.77. The van der Waals surface area contributed by atoms with E-state index in [4.69, 9.17) is 0 Å². The fourth-order valence-electron chi connectivity index (χ4n) is 2.08. The van der Waals surface area contributed by atoms with Gasteiger partial charge < -0.3 is 5.11 Å². The highest BCUT2D eigenvalue weighted by atomic mass is 32.2. The minimum absolute atomic E-state index is 0.000509. The summed E-state index contributed by atoms with van der Waals surface area (Å²) in [6, 6.07) is 8.45. The lowest BCUT2D eigenvalue weighted by Gasteiger charge is -2.29. The minimum atomic E-state index is -3.33. The molecule has 0 aromatic heterocycles. The van der Waals surface area contributed by atoms with E-state index in [0.29, 0.717) is 4.90 Å². The fraction of sp³-hybridized carbons (Fsp3) is 0.600. The van der Waals surface area contributed by atoms with Crippen molar-refractivity contribution in [2.24, 2.45) is 5.92 Å². The molecule has 1 atom stereocenters. The Balaban J connectivity index is 2.90. The van der Waals surface area contributed by atoms with Crippen LogP contribution in [0.1, 0.15) is 40.0 Å². The Hall–Kier alpha value is -0.870. The molecule has 1 aromatic carbocycles. The first-order chi connectivity index (χ1) is 8.77. The predicted octanol–water partition coefficient (Wildman–Crippen LogP) is 3.04. The van der Waals surface area contributed by atoms with Gasteiger partial charge in [-0.05, 0) is 32.4 Å². The van der Waals surface area contributed by atoms with Gasteiger partial charge in [-0.1, -0.05) is 38.0 Å². The zero-order valence-corrected chi connectivity index (χ0v) is 12.8. The van der Waals surface area contributed by atoms with E-state index in [1.54, 1.807) is 44.2 Å². The summed E-state index contributed by atoms with van der Waals surface area (Å²) in [5.41, 5.74) is -0.975. The highest BCUT2D eigenvalue weighted by molar-refractivity contribution is 7.91. The molecule has 0 saturated heterocycles. The summed E-state index contributed by atoms with van der Waals surface area (Å²) in [7, 11) is -3.33. The van der Waals surface area contributed by atoms with Crippen LogP contribution in [0, 0.1) is 5.92 Å². The quantitative estimate of drug-likeness (QED) is 0.837. The van der Waals surface area contributed by atoms with Gasteiger partial charge in [-0.15, -0.1) is 0 Å². The van der Waals surface area contributed by atoms with E-state index in [2.05, 4.69) is 6.92 Å². The molecule has 0 bridgehead atoms. The Bertz CT molecular complexity index is 472. The van der Waals surface area contributed by atoms with Crippen molar-refractivity contribution in [2.45, 2.75) is 50.5 Å². The molecule has 0 spiro atoms. The third-order valence-corrected chi connectivity index (χ3v) is 5.26. The van der Waals surface area contributed by atoms with Gasteiger partial charge in [-0.3, -0.25) is 0 Å². The fourth-order valence-corrected chi connectivity index (χ4v) is 3.95. The van der Waals surface area contributed by atoms with E-state index < -0.39 is 15.4 Å². The standard InChI is InChI=1S/C15H24O3S/c1-4-5-9-13(15(2,3)16)12-19(17,18)14-10-7-6-8-11-14/h6-8,10-11,13,16H,4-5,9,12H2,1-3H3/t13-/m0/s1. The molecule has 1 aromatic rings. The molecule has 1 rings (SSSR count). The molecule has 19 heavy (non-hydrogen) atoms. The Morgan fingerprint density at radius 2 is 1.79 bits per heavy atom. The van der Waals surface area contributed by atoms with E-state index in [9.17, 15) is 13.5 Å². The lowest BCUT2D eigenvalue weighted by atomic mass is 9.88. The van der Waals surface area contributed by atoms with E-state index in [1.807, 2.05) is 0 Å². The van der Waals surface area contributed by atoms with Crippen molar-refractivity contribution in [3.8, 4) is 0 Å². The Morgan fingerprint density at radius 1 is 1.21 bits per heavy atom. The molecule has 108 valence electrons. The molecular weight excluding hydrogens is 260 g/mol. The maximum atomic E-state index is 12.3. The van der Waals surface area contributed by atoms with Gasteiger partial charge in [0.1, 0.15) is 0 Å². The third kappa shape index (κ3) is 4.96. The maximum Gasteiger partial charge on any atom is 0.178 e. The molecule has 3 nitrogen and oxygen atoms in total. The number of unbranched alkanes of at least 4 members (excludes halogenated alkanes) is 1. The molecule has 0 unspecified atom stereocenters. The van der Waals surface area contributed by atoms with Crippen LogP contribution < -0.4 is 0 Å². The van der Waals surface area contributed by atoms with Crippen molar-refractivity contribution in [3.05, 3.63) is 30.3 Å². The van der Waals surface area contributed by atoms with E-state index in [1.165, 1.54) is 0 Å². The minimum Gasteiger partial charge on any atom is -0.390 e. The SMILES string of the molecule is CCCC[C@@H](CS(=O)(=O)c1ccccc1)C(C)(C)O. The molecule has 0 radical (unpaired) electrons. The van der Waals surface area contributed by atoms with E-state index >= 15 is 0 Å². The van der Waals surface area contributed by atoms with Crippen molar-refractivity contribution in [1.82, 2.24) is 0 Å². The van der Waals surface area contributed by atoms with Crippen LogP contribution in [0.25, 0.3) is 0 Å². The van der Waals surface area contributed by atoms with Gasteiger partial charge in [-0.25, -0.2) is 8.42 Å². The molecule has 4 heteroatoms. The van der Waals surface area contributed by atoms with Gasteiger partial charge in [-0.2, -0.15) is 0 Å². The molecule has 1 N–H and O–H groups in total. The Kier molecular flexibility index (Phi) is 5.56. The lowest BCUT2D eigenvalue weighted by Crippen LogP contribution is -2.36. The van der Waals surface area contributed by atoms with Crippen LogP contribution in [0.3, 0.4) is 0 Å². The first kappa shape index (κ1) is 16.2. The van der Waals surface area contributed by atoms with Crippen molar-refractivity contribution < 1.29 is 13.5 Å². The van der Waals surface area contributed by atoms with Crippen LogP contribution in [0.15, 0.2) is 35.2 Å². The second-order valence-corrected chi connectivity index (χ2v) is 7.62. The summed E-state index contributed by atoms with van der Waals surface area (Å²) >= 11 is 0. The third-order valence-electron chi connectivity index (χ3n) is 3.43. The zero-order chi connectivity index (χ0) is 14.5. The highest BCUT2D eigenvalue weighted by Crippen LogP contribution is 2.26. The van der Waals surface area contributed by atoms with Gasteiger partial charge in [0.2, 0.25) is 0 Å². The van der Waals surface area contributed by atoms with Crippen LogP contribution in [-0.2, 0) is 9.84 Å². The van der Waals surface area contributed by atoms with Gasteiger partial charge in [0, 0.05) is 5.92 Å². The van der Waals surface area contributed by atoms with E-state index in [-0.39, 0.29) is 11.7 Å². The largest absolute Gasteiger partial charge is 0.390 e. The highest BCUT2D eigenvalue weighted by Gasteiger charge is 2.31. The number of hydrogen-bond acceptors (Lipinski definition) is 3. The smallest absolute Gasteiger partial charge is 0.178 e. The summed E-state index contributed by atoms with van der Waals surface area (Å²) in [5.74, 6) is -0.238. The second-order valence-electron chi connectivity index (χ2n) is 5.59. The van der Waals surface area contributed by atoms with Crippen LogP contribution in [-0.4, -0.2) is 24.9 Å². The molecular formula is C15H24O3S. The molecule has 0 heterocycles. The summed E-state index contributed by atoms with van der Waals surface area (Å²) in [4.78, 5) is 0.334. The van der Waals surface area contributed by atoms with Crippen molar-refractivity contribution >= 4 is 9.84 Å². The predicted molar refractivity (Wildman–Crippen MR) is 77.8 cm³/mol. The van der Waals surface area contributed by atoms with Gasteiger partial charge in [0.15, 0.2) is 9.84 Å². The summed E-state index contributed by atoms with van der Waals surface area (Å²) in [5, 5.41) is 10.1. The van der Waals surface area contributed by atoms with Crippen LogP contribution in [0.2, 0.25) is 0 Å². The Labute approximate surface area is 116 Å². The number of sulfone groups is 1. The molecule has 0 amide bonds. The normalized spacial score (nSPS) is 14.3.